The Balaban J connectivity index is 2.65. The van der Waals surface area contributed by atoms with E-state index in [9.17, 15) is 4.79 Å². The lowest BCUT2D eigenvalue weighted by Gasteiger charge is -2.17. The number of hydrogen-bond acceptors (Lipinski definition) is 3. The molecule has 4 nitrogen and oxygen atoms in total. The Kier molecular flexibility index (Phi) is 4.46. The third-order valence-electron chi connectivity index (χ3n) is 2.43. The van der Waals surface area contributed by atoms with Gasteiger partial charge in [0.05, 0.1) is 12.6 Å². The highest BCUT2D eigenvalue weighted by atomic mass is 16.3. The summed E-state index contributed by atoms with van der Waals surface area (Å²) in [7, 11) is 0. The van der Waals surface area contributed by atoms with E-state index in [0.29, 0.717) is 0 Å². The standard InChI is InChI=1S/C12H18N2O2/c1-8-4-3-5-10(6-8)9(2)14-12(16)11(13)7-15/h3-6,9,11,15H,7,13H2,1-2H3,(H,14,16)/t9-,11-/m1/s1. The van der Waals surface area contributed by atoms with Gasteiger partial charge in [-0.1, -0.05) is 29.8 Å². The predicted octanol–water partition coefficient (Wildman–Crippen LogP) is 0.492. The lowest BCUT2D eigenvalue weighted by molar-refractivity contribution is -0.123. The van der Waals surface area contributed by atoms with Gasteiger partial charge in [0.25, 0.3) is 0 Å². The van der Waals surface area contributed by atoms with Gasteiger partial charge < -0.3 is 16.2 Å². The molecule has 0 bridgehead atoms. The molecule has 0 radical (unpaired) electrons. The number of aliphatic hydroxyl groups excluding tert-OH is 1. The molecule has 4 N–H and O–H groups in total. The molecule has 0 fully saturated rings. The van der Waals surface area contributed by atoms with Gasteiger partial charge in [-0.15, -0.1) is 0 Å². The van der Waals surface area contributed by atoms with Gasteiger partial charge in [0, 0.05) is 0 Å². The van der Waals surface area contributed by atoms with Crippen molar-refractivity contribution in [1.29, 1.82) is 0 Å². The molecular formula is C12H18N2O2. The smallest absolute Gasteiger partial charge is 0.239 e. The molecule has 2 atom stereocenters. The van der Waals surface area contributed by atoms with Crippen molar-refractivity contribution in [3.8, 4) is 0 Å². The first kappa shape index (κ1) is 12.7. The van der Waals surface area contributed by atoms with E-state index >= 15 is 0 Å². The average molecular weight is 222 g/mol. The van der Waals surface area contributed by atoms with Crippen LogP contribution in [0.5, 0.6) is 0 Å². The van der Waals surface area contributed by atoms with Gasteiger partial charge in [0.1, 0.15) is 6.04 Å². The molecular weight excluding hydrogens is 204 g/mol. The van der Waals surface area contributed by atoms with Crippen LogP contribution in [0.2, 0.25) is 0 Å². The van der Waals surface area contributed by atoms with Crippen LogP contribution in [-0.2, 0) is 4.79 Å². The summed E-state index contributed by atoms with van der Waals surface area (Å²) >= 11 is 0. The van der Waals surface area contributed by atoms with Gasteiger partial charge in [0.15, 0.2) is 0 Å². The summed E-state index contributed by atoms with van der Waals surface area (Å²) in [6.45, 7) is 3.54. The van der Waals surface area contributed by atoms with E-state index in [2.05, 4.69) is 5.32 Å². The molecule has 0 aliphatic rings. The maximum atomic E-state index is 11.4. The fraction of sp³-hybridized carbons (Fsp3) is 0.417. The second kappa shape index (κ2) is 5.63. The molecule has 0 unspecified atom stereocenters. The summed E-state index contributed by atoms with van der Waals surface area (Å²) in [6, 6.07) is 6.94. The Labute approximate surface area is 95.5 Å². The molecule has 1 rings (SSSR count). The number of aliphatic hydroxyl groups is 1. The van der Waals surface area contributed by atoms with Crippen LogP contribution in [-0.4, -0.2) is 23.7 Å². The van der Waals surface area contributed by atoms with Crippen LogP contribution in [0.25, 0.3) is 0 Å². The van der Waals surface area contributed by atoms with E-state index in [1.165, 1.54) is 0 Å². The first-order valence-electron chi connectivity index (χ1n) is 5.28. The van der Waals surface area contributed by atoms with E-state index in [-0.39, 0.29) is 18.6 Å². The Morgan fingerprint density at radius 2 is 2.25 bits per heavy atom. The zero-order chi connectivity index (χ0) is 12.1. The Bertz CT molecular complexity index is 366. The fourth-order valence-electron chi connectivity index (χ4n) is 1.43. The van der Waals surface area contributed by atoms with Crippen LogP contribution in [0.15, 0.2) is 24.3 Å². The number of carbonyl (C=O) groups is 1. The van der Waals surface area contributed by atoms with Crippen molar-refractivity contribution in [2.75, 3.05) is 6.61 Å². The largest absolute Gasteiger partial charge is 0.394 e. The number of nitrogens with two attached hydrogens (primary N) is 1. The van der Waals surface area contributed by atoms with Crippen LogP contribution in [0, 0.1) is 6.92 Å². The molecule has 1 amide bonds. The minimum Gasteiger partial charge on any atom is -0.394 e. The zero-order valence-electron chi connectivity index (χ0n) is 9.60. The van der Waals surface area contributed by atoms with Crippen LogP contribution in [0.4, 0.5) is 0 Å². The summed E-state index contributed by atoms with van der Waals surface area (Å²) in [4.78, 5) is 11.4. The van der Waals surface area contributed by atoms with Gasteiger partial charge in [-0.2, -0.15) is 0 Å². The number of benzene rings is 1. The lowest BCUT2D eigenvalue weighted by atomic mass is 10.1. The maximum Gasteiger partial charge on any atom is 0.239 e. The van der Waals surface area contributed by atoms with E-state index in [4.69, 9.17) is 10.8 Å². The average Bonchev–Trinajstić information content (AvgIpc) is 2.27. The van der Waals surface area contributed by atoms with Crippen molar-refractivity contribution in [1.82, 2.24) is 5.32 Å². The summed E-state index contributed by atoms with van der Waals surface area (Å²) in [5.41, 5.74) is 7.58. The third-order valence-corrected chi connectivity index (χ3v) is 2.43. The SMILES string of the molecule is Cc1cccc([C@@H](C)NC(=O)[C@H](N)CO)c1. The van der Waals surface area contributed by atoms with Gasteiger partial charge in [-0.25, -0.2) is 0 Å². The van der Waals surface area contributed by atoms with Crippen molar-refractivity contribution in [3.63, 3.8) is 0 Å². The Hall–Kier alpha value is -1.39. The second-order valence-electron chi connectivity index (χ2n) is 3.93. The molecule has 0 aliphatic carbocycles. The highest BCUT2D eigenvalue weighted by Gasteiger charge is 2.15. The summed E-state index contributed by atoms with van der Waals surface area (Å²) < 4.78 is 0. The molecule has 0 heterocycles. The maximum absolute atomic E-state index is 11.4. The predicted molar refractivity (Wildman–Crippen MR) is 62.8 cm³/mol. The number of rotatable bonds is 4. The molecule has 1 aromatic carbocycles. The van der Waals surface area contributed by atoms with Gasteiger partial charge in [-0.05, 0) is 19.4 Å². The fourth-order valence-corrected chi connectivity index (χ4v) is 1.43. The van der Waals surface area contributed by atoms with E-state index in [0.717, 1.165) is 11.1 Å². The van der Waals surface area contributed by atoms with Crippen molar-refractivity contribution < 1.29 is 9.90 Å². The van der Waals surface area contributed by atoms with Crippen LogP contribution < -0.4 is 11.1 Å². The van der Waals surface area contributed by atoms with E-state index in [1.54, 1.807) is 0 Å². The number of aryl methyl sites for hydroxylation is 1. The molecule has 0 saturated carbocycles. The third kappa shape index (κ3) is 3.32. The summed E-state index contributed by atoms with van der Waals surface area (Å²) in [6.07, 6.45) is 0. The molecule has 4 heteroatoms. The first-order valence-corrected chi connectivity index (χ1v) is 5.28. The van der Waals surface area contributed by atoms with Crippen molar-refractivity contribution in [2.24, 2.45) is 5.73 Å². The molecule has 0 saturated heterocycles. The van der Waals surface area contributed by atoms with Gasteiger partial charge in [-0.3, -0.25) is 4.79 Å². The number of carbonyl (C=O) groups excluding carboxylic acids is 1. The topological polar surface area (TPSA) is 75.4 Å². The highest BCUT2D eigenvalue weighted by molar-refractivity contribution is 5.81. The minimum atomic E-state index is -0.854. The Morgan fingerprint density at radius 3 is 2.81 bits per heavy atom. The van der Waals surface area contributed by atoms with Gasteiger partial charge in [0.2, 0.25) is 5.91 Å². The molecule has 88 valence electrons. The summed E-state index contributed by atoms with van der Waals surface area (Å²) in [5.74, 6) is -0.337. The minimum absolute atomic E-state index is 0.106. The number of hydrogen-bond donors (Lipinski definition) is 3. The molecule has 0 aliphatic heterocycles. The highest BCUT2D eigenvalue weighted by Crippen LogP contribution is 2.13. The summed E-state index contributed by atoms with van der Waals surface area (Å²) in [5, 5.41) is 11.5. The molecule has 16 heavy (non-hydrogen) atoms. The monoisotopic (exact) mass is 222 g/mol. The van der Waals surface area contributed by atoms with Crippen molar-refractivity contribution in [2.45, 2.75) is 25.9 Å². The van der Waals surface area contributed by atoms with Crippen molar-refractivity contribution in [3.05, 3.63) is 35.4 Å². The molecule has 0 spiro atoms. The van der Waals surface area contributed by atoms with E-state index < -0.39 is 6.04 Å². The van der Waals surface area contributed by atoms with Crippen LogP contribution in [0.3, 0.4) is 0 Å². The van der Waals surface area contributed by atoms with E-state index in [1.807, 2.05) is 38.1 Å². The molecule has 0 aromatic heterocycles. The number of amides is 1. The number of nitrogens with one attached hydrogen (secondary N) is 1. The van der Waals surface area contributed by atoms with Crippen molar-refractivity contribution >= 4 is 5.91 Å². The van der Waals surface area contributed by atoms with Crippen LogP contribution >= 0.6 is 0 Å². The zero-order valence-corrected chi connectivity index (χ0v) is 9.60. The lowest BCUT2D eigenvalue weighted by Crippen LogP contribution is -2.43. The quantitative estimate of drug-likeness (QED) is 0.694. The second-order valence-corrected chi connectivity index (χ2v) is 3.93. The Morgan fingerprint density at radius 1 is 1.56 bits per heavy atom. The molecule has 1 aromatic rings. The van der Waals surface area contributed by atoms with Gasteiger partial charge >= 0.3 is 0 Å². The normalized spacial score (nSPS) is 14.2. The van der Waals surface area contributed by atoms with Crippen LogP contribution in [0.1, 0.15) is 24.1 Å². The first-order chi connectivity index (χ1) is 7.54.